The Kier molecular flexibility index (Phi) is 6.25. The average Bonchev–Trinajstić information content (AvgIpc) is 2.70. The van der Waals surface area contributed by atoms with Crippen LogP contribution in [0, 0.1) is 0 Å². The molecule has 1 fully saturated rings. The first-order valence-corrected chi connectivity index (χ1v) is 8.57. The van der Waals surface area contributed by atoms with E-state index in [1.54, 1.807) is 0 Å². The number of amides is 2. The van der Waals surface area contributed by atoms with Gasteiger partial charge >= 0.3 is 12.0 Å². The van der Waals surface area contributed by atoms with Gasteiger partial charge in [0.1, 0.15) is 6.04 Å². The van der Waals surface area contributed by atoms with Crippen LogP contribution in [0.15, 0.2) is 0 Å². The second-order valence-corrected chi connectivity index (χ2v) is 7.42. The third-order valence-electron chi connectivity index (χ3n) is 3.40. The molecule has 20 heavy (non-hydrogen) atoms. The number of carbonyl (C=O) groups is 2. The Morgan fingerprint density at radius 2 is 2.10 bits per heavy atom. The van der Waals surface area contributed by atoms with E-state index in [2.05, 4.69) is 10.6 Å². The van der Waals surface area contributed by atoms with E-state index >= 15 is 0 Å². The molecule has 0 aliphatic carbocycles. The maximum absolute atomic E-state index is 11.6. The number of aliphatic carboxylic acids is 1. The Labute approximate surface area is 119 Å². The number of urea groups is 1. The Morgan fingerprint density at radius 1 is 1.40 bits per heavy atom. The van der Waals surface area contributed by atoms with E-state index in [9.17, 15) is 18.0 Å². The second-order valence-electron chi connectivity index (χ2n) is 5.02. The molecule has 8 heteroatoms. The van der Waals surface area contributed by atoms with Gasteiger partial charge in [0.15, 0.2) is 9.84 Å². The lowest BCUT2D eigenvalue weighted by molar-refractivity contribution is -0.139. The van der Waals surface area contributed by atoms with Crippen LogP contribution in [-0.2, 0) is 14.6 Å². The molecule has 0 saturated carbocycles. The van der Waals surface area contributed by atoms with Crippen LogP contribution in [0.5, 0.6) is 0 Å². The van der Waals surface area contributed by atoms with Crippen LogP contribution in [0.1, 0.15) is 39.0 Å². The highest BCUT2D eigenvalue weighted by molar-refractivity contribution is 7.92. The predicted octanol–water partition coefficient (Wildman–Crippen LogP) is 0.506. The molecule has 116 valence electrons. The number of nitrogens with one attached hydrogen (secondary N) is 2. The first-order valence-electron chi connectivity index (χ1n) is 6.85. The number of carboxylic acids is 1. The lowest BCUT2D eigenvalue weighted by atomic mass is 10.1. The maximum Gasteiger partial charge on any atom is 0.326 e. The number of hydrogen-bond acceptors (Lipinski definition) is 4. The van der Waals surface area contributed by atoms with E-state index in [4.69, 9.17) is 5.11 Å². The summed E-state index contributed by atoms with van der Waals surface area (Å²) in [6.45, 7) is 1.97. The van der Waals surface area contributed by atoms with E-state index < -0.39 is 33.1 Å². The Bertz CT molecular complexity index is 449. The fourth-order valence-corrected chi connectivity index (χ4v) is 3.93. The fraction of sp³-hybridized carbons (Fsp3) is 0.833. The first kappa shape index (κ1) is 16.7. The summed E-state index contributed by atoms with van der Waals surface area (Å²) in [6.07, 6.45) is 3.06. The van der Waals surface area contributed by atoms with Gasteiger partial charge in [-0.2, -0.15) is 0 Å². The van der Waals surface area contributed by atoms with Crippen molar-refractivity contribution in [1.82, 2.24) is 10.6 Å². The van der Waals surface area contributed by atoms with E-state index in [0.29, 0.717) is 25.7 Å². The maximum atomic E-state index is 11.6. The van der Waals surface area contributed by atoms with Crippen LogP contribution >= 0.6 is 0 Å². The van der Waals surface area contributed by atoms with Gasteiger partial charge < -0.3 is 15.7 Å². The highest BCUT2D eigenvalue weighted by Crippen LogP contribution is 2.18. The van der Waals surface area contributed by atoms with Gasteiger partial charge in [0.25, 0.3) is 0 Å². The van der Waals surface area contributed by atoms with Gasteiger partial charge in [-0.3, -0.25) is 0 Å². The molecule has 0 bridgehead atoms. The van der Waals surface area contributed by atoms with E-state index in [1.165, 1.54) is 0 Å². The smallest absolute Gasteiger partial charge is 0.326 e. The molecule has 2 amide bonds. The summed E-state index contributed by atoms with van der Waals surface area (Å²) >= 11 is 0. The molecule has 0 spiro atoms. The first-order chi connectivity index (χ1) is 9.36. The molecule has 1 heterocycles. The normalized spacial score (nSPS) is 22.1. The van der Waals surface area contributed by atoms with Gasteiger partial charge in [0, 0.05) is 6.54 Å². The molecule has 2 unspecified atom stereocenters. The summed E-state index contributed by atoms with van der Waals surface area (Å²) in [5.41, 5.74) is 0. The second kappa shape index (κ2) is 7.47. The largest absolute Gasteiger partial charge is 0.480 e. The number of carboxylic acid groups (broad SMARTS) is 1. The van der Waals surface area contributed by atoms with E-state index in [-0.39, 0.29) is 12.3 Å². The van der Waals surface area contributed by atoms with Crippen molar-refractivity contribution in [2.24, 2.45) is 0 Å². The van der Waals surface area contributed by atoms with Crippen molar-refractivity contribution in [2.75, 3.05) is 12.3 Å². The molecule has 2 atom stereocenters. The lowest BCUT2D eigenvalue weighted by Gasteiger charge is -2.16. The molecule has 1 saturated heterocycles. The minimum Gasteiger partial charge on any atom is -0.480 e. The Morgan fingerprint density at radius 3 is 2.60 bits per heavy atom. The van der Waals surface area contributed by atoms with Crippen LogP contribution < -0.4 is 10.6 Å². The lowest BCUT2D eigenvalue weighted by Crippen LogP contribution is -2.48. The molecule has 1 rings (SSSR count). The van der Waals surface area contributed by atoms with Crippen molar-refractivity contribution in [1.29, 1.82) is 0 Å². The topological polar surface area (TPSA) is 113 Å². The minimum atomic E-state index is -3.10. The van der Waals surface area contributed by atoms with E-state index in [0.717, 1.165) is 6.42 Å². The summed E-state index contributed by atoms with van der Waals surface area (Å²) in [5.74, 6) is -0.919. The summed E-state index contributed by atoms with van der Waals surface area (Å²) < 4.78 is 23.2. The van der Waals surface area contributed by atoms with Crippen molar-refractivity contribution in [3.8, 4) is 0 Å². The summed E-state index contributed by atoms with van der Waals surface area (Å²) in [7, 11) is -3.10. The quantitative estimate of drug-likeness (QED) is 0.634. The van der Waals surface area contributed by atoms with Gasteiger partial charge in [-0.15, -0.1) is 0 Å². The van der Waals surface area contributed by atoms with Crippen LogP contribution in [0.3, 0.4) is 0 Å². The molecule has 0 aromatic carbocycles. The zero-order valence-electron chi connectivity index (χ0n) is 11.6. The molecule has 1 aliphatic rings. The van der Waals surface area contributed by atoms with Crippen LogP contribution in [0.4, 0.5) is 4.79 Å². The SMILES string of the molecule is CCCCC(NC(=O)NCC1CCCS1(=O)=O)C(=O)O. The Hall–Kier alpha value is -1.31. The zero-order chi connectivity index (χ0) is 15.2. The van der Waals surface area contributed by atoms with Crippen molar-refractivity contribution in [2.45, 2.75) is 50.3 Å². The number of rotatable bonds is 7. The Balaban J connectivity index is 2.40. The molecule has 0 aromatic heterocycles. The summed E-state index contributed by atoms with van der Waals surface area (Å²) in [5, 5.41) is 13.2. The molecular formula is C12H22N2O5S. The predicted molar refractivity (Wildman–Crippen MR) is 74.3 cm³/mol. The highest BCUT2D eigenvalue weighted by Gasteiger charge is 2.31. The minimum absolute atomic E-state index is 0.0360. The third-order valence-corrected chi connectivity index (χ3v) is 5.68. The van der Waals surface area contributed by atoms with Gasteiger partial charge in [-0.05, 0) is 19.3 Å². The third kappa shape index (κ3) is 4.99. The summed E-state index contributed by atoms with van der Waals surface area (Å²) in [4.78, 5) is 22.6. The molecule has 3 N–H and O–H groups in total. The molecule has 7 nitrogen and oxygen atoms in total. The van der Waals surface area contributed by atoms with Gasteiger partial charge in [-0.25, -0.2) is 18.0 Å². The average molecular weight is 306 g/mol. The van der Waals surface area contributed by atoms with Crippen molar-refractivity contribution < 1.29 is 23.1 Å². The molecule has 0 radical (unpaired) electrons. The number of unbranched alkanes of at least 4 members (excludes halogenated alkanes) is 1. The van der Waals surface area contributed by atoms with Crippen molar-refractivity contribution >= 4 is 21.8 Å². The van der Waals surface area contributed by atoms with Crippen LogP contribution in [0.25, 0.3) is 0 Å². The molecular weight excluding hydrogens is 284 g/mol. The molecule has 0 aromatic rings. The standard InChI is InChI=1S/C12H22N2O5S/c1-2-3-6-10(11(15)16)14-12(17)13-8-9-5-4-7-20(9,18)19/h9-10H,2-8H2,1H3,(H,15,16)(H2,13,14,17). The van der Waals surface area contributed by atoms with Crippen molar-refractivity contribution in [3.05, 3.63) is 0 Å². The fourth-order valence-electron chi connectivity index (χ4n) is 2.17. The van der Waals surface area contributed by atoms with Gasteiger partial charge in [0.05, 0.1) is 11.0 Å². The van der Waals surface area contributed by atoms with Crippen LogP contribution in [-0.4, -0.2) is 49.1 Å². The molecule has 1 aliphatic heterocycles. The van der Waals surface area contributed by atoms with Crippen molar-refractivity contribution in [3.63, 3.8) is 0 Å². The number of carbonyl (C=O) groups excluding carboxylic acids is 1. The highest BCUT2D eigenvalue weighted by atomic mass is 32.2. The number of sulfone groups is 1. The van der Waals surface area contributed by atoms with Crippen LogP contribution in [0.2, 0.25) is 0 Å². The zero-order valence-corrected chi connectivity index (χ0v) is 12.4. The van der Waals surface area contributed by atoms with E-state index in [1.807, 2.05) is 6.92 Å². The monoisotopic (exact) mass is 306 g/mol. The number of hydrogen-bond donors (Lipinski definition) is 3. The summed E-state index contributed by atoms with van der Waals surface area (Å²) in [6, 6.07) is -1.56. The van der Waals surface area contributed by atoms with Gasteiger partial charge in [0.2, 0.25) is 0 Å². The van der Waals surface area contributed by atoms with Gasteiger partial charge in [-0.1, -0.05) is 19.8 Å².